The van der Waals surface area contributed by atoms with Crippen LogP contribution in [0.5, 0.6) is 0 Å². The van der Waals surface area contributed by atoms with Gasteiger partial charge in [-0.3, -0.25) is 9.80 Å². The summed E-state index contributed by atoms with van der Waals surface area (Å²) in [6.45, 7) is 7.54. The minimum Gasteiger partial charge on any atom is -0.468 e. The summed E-state index contributed by atoms with van der Waals surface area (Å²) in [5.41, 5.74) is 1.03. The number of furan rings is 1. The average Bonchev–Trinajstić information content (AvgIpc) is 3.27. The van der Waals surface area contributed by atoms with Crippen LogP contribution in [0.25, 0.3) is 10.9 Å². The lowest BCUT2D eigenvalue weighted by molar-refractivity contribution is 0.0962. The molecule has 0 saturated carbocycles. The number of aromatic nitrogens is 2. The summed E-state index contributed by atoms with van der Waals surface area (Å²) in [6, 6.07) is 13.1. The van der Waals surface area contributed by atoms with Gasteiger partial charge in [-0.1, -0.05) is 12.1 Å². The van der Waals surface area contributed by atoms with Gasteiger partial charge in [0, 0.05) is 50.7 Å². The summed E-state index contributed by atoms with van der Waals surface area (Å²) >= 11 is 0. The molecule has 0 aliphatic carbocycles. The average molecular weight is 377 g/mol. The third-order valence-corrected chi connectivity index (χ3v) is 6.17. The largest absolute Gasteiger partial charge is 0.468 e. The molecule has 6 heteroatoms. The van der Waals surface area contributed by atoms with Crippen molar-refractivity contribution in [3.8, 4) is 0 Å². The van der Waals surface area contributed by atoms with E-state index in [1.165, 1.54) is 12.8 Å². The molecule has 0 bridgehead atoms. The number of rotatable bonds is 4. The number of nitrogens with zero attached hydrogens (tertiary/aromatic N) is 5. The van der Waals surface area contributed by atoms with Gasteiger partial charge in [-0.05, 0) is 37.1 Å². The molecule has 2 aliphatic heterocycles. The van der Waals surface area contributed by atoms with Crippen molar-refractivity contribution >= 4 is 16.7 Å². The molecule has 0 unspecified atom stereocenters. The molecule has 2 aromatic heterocycles. The zero-order chi connectivity index (χ0) is 18.8. The molecule has 5 rings (SSSR count). The summed E-state index contributed by atoms with van der Waals surface area (Å²) < 4.78 is 5.50. The van der Waals surface area contributed by atoms with Crippen LogP contribution in [0.2, 0.25) is 0 Å². The smallest absolute Gasteiger partial charge is 0.139 e. The van der Waals surface area contributed by atoms with Crippen molar-refractivity contribution < 1.29 is 4.42 Å². The minimum absolute atomic E-state index is 0.706. The molecule has 1 aromatic carbocycles. The van der Waals surface area contributed by atoms with Gasteiger partial charge >= 0.3 is 0 Å². The number of fused-ring (bicyclic) bond motifs is 1. The minimum atomic E-state index is 0.706. The first kappa shape index (κ1) is 17.6. The Kier molecular flexibility index (Phi) is 4.97. The molecule has 0 radical (unpaired) electrons. The second kappa shape index (κ2) is 7.89. The Morgan fingerprint density at radius 1 is 0.893 bits per heavy atom. The van der Waals surface area contributed by atoms with Crippen LogP contribution >= 0.6 is 0 Å². The van der Waals surface area contributed by atoms with Crippen LogP contribution in [0.4, 0.5) is 5.82 Å². The molecular weight excluding hydrogens is 350 g/mol. The molecule has 28 heavy (non-hydrogen) atoms. The van der Waals surface area contributed by atoms with Crippen LogP contribution in [0, 0.1) is 0 Å². The van der Waals surface area contributed by atoms with Crippen molar-refractivity contribution in [2.24, 2.45) is 0 Å². The molecule has 4 heterocycles. The number of benzene rings is 1. The second-order valence-electron chi connectivity index (χ2n) is 7.82. The van der Waals surface area contributed by atoms with E-state index in [-0.39, 0.29) is 0 Å². The maximum absolute atomic E-state index is 5.50. The van der Waals surface area contributed by atoms with Crippen molar-refractivity contribution in [2.45, 2.75) is 25.4 Å². The van der Waals surface area contributed by atoms with E-state index >= 15 is 0 Å². The number of likely N-dealkylation sites (tertiary alicyclic amines) is 1. The molecule has 0 spiro atoms. The Morgan fingerprint density at radius 2 is 1.71 bits per heavy atom. The van der Waals surface area contributed by atoms with Crippen LogP contribution in [-0.4, -0.2) is 65.1 Å². The number of anilines is 1. The van der Waals surface area contributed by atoms with E-state index in [9.17, 15) is 0 Å². The Balaban J connectivity index is 1.16. The normalized spacial score (nSPS) is 20.1. The van der Waals surface area contributed by atoms with Crippen molar-refractivity contribution in [3.63, 3.8) is 0 Å². The standard InChI is InChI=1S/C22H27N5O/c1-2-6-21-20(5-1)22(24-17-23-21)27-13-11-26(12-14-27)18-7-9-25(10-8-18)16-19-4-3-15-28-19/h1-6,15,17-18H,7-14,16H2. The highest BCUT2D eigenvalue weighted by Gasteiger charge is 2.28. The van der Waals surface area contributed by atoms with Gasteiger partial charge in [-0.25, -0.2) is 9.97 Å². The van der Waals surface area contributed by atoms with E-state index in [0.29, 0.717) is 6.04 Å². The van der Waals surface area contributed by atoms with Gasteiger partial charge in [0.05, 0.1) is 18.3 Å². The number of hydrogen-bond donors (Lipinski definition) is 0. The van der Waals surface area contributed by atoms with E-state index in [0.717, 1.165) is 68.3 Å². The third-order valence-electron chi connectivity index (χ3n) is 6.17. The van der Waals surface area contributed by atoms with Gasteiger partial charge in [0.2, 0.25) is 0 Å². The molecule has 2 aliphatic rings. The fourth-order valence-electron chi connectivity index (χ4n) is 4.61. The molecule has 0 atom stereocenters. The number of piperidine rings is 1. The molecule has 146 valence electrons. The lowest BCUT2D eigenvalue weighted by atomic mass is 10.0. The van der Waals surface area contributed by atoms with Crippen LogP contribution in [0.3, 0.4) is 0 Å². The first-order valence-electron chi connectivity index (χ1n) is 10.3. The van der Waals surface area contributed by atoms with Gasteiger partial charge in [0.15, 0.2) is 0 Å². The van der Waals surface area contributed by atoms with E-state index < -0.39 is 0 Å². The van der Waals surface area contributed by atoms with Crippen molar-refractivity contribution in [1.29, 1.82) is 0 Å². The van der Waals surface area contributed by atoms with E-state index in [1.807, 2.05) is 12.1 Å². The monoisotopic (exact) mass is 377 g/mol. The van der Waals surface area contributed by atoms with E-state index in [2.05, 4.69) is 48.9 Å². The SMILES string of the molecule is c1coc(CN2CCC(N3CCN(c4ncnc5ccccc45)CC3)CC2)c1. The Bertz CT molecular complexity index is 891. The van der Waals surface area contributed by atoms with Gasteiger partial charge in [0.25, 0.3) is 0 Å². The van der Waals surface area contributed by atoms with E-state index in [4.69, 9.17) is 4.42 Å². The zero-order valence-electron chi connectivity index (χ0n) is 16.2. The van der Waals surface area contributed by atoms with Gasteiger partial charge in [-0.2, -0.15) is 0 Å². The quantitative estimate of drug-likeness (QED) is 0.697. The highest BCUT2D eigenvalue weighted by Crippen LogP contribution is 2.25. The summed E-state index contributed by atoms with van der Waals surface area (Å²) in [5, 5.41) is 1.16. The lowest BCUT2D eigenvalue weighted by Crippen LogP contribution is -2.53. The van der Waals surface area contributed by atoms with Crippen LogP contribution in [0.15, 0.2) is 53.4 Å². The third kappa shape index (κ3) is 3.62. The molecule has 2 saturated heterocycles. The fourth-order valence-corrected chi connectivity index (χ4v) is 4.61. The Labute approximate surface area is 165 Å². The topological polar surface area (TPSA) is 48.6 Å². The summed E-state index contributed by atoms with van der Waals surface area (Å²) in [7, 11) is 0. The van der Waals surface area contributed by atoms with Crippen molar-refractivity contribution in [1.82, 2.24) is 19.8 Å². The van der Waals surface area contributed by atoms with Crippen LogP contribution in [-0.2, 0) is 6.54 Å². The van der Waals surface area contributed by atoms with Gasteiger partial charge in [-0.15, -0.1) is 0 Å². The molecular formula is C22H27N5O. The Morgan fingerprint density at radius 3 is 2.50 bits per heavy atom. The fraction of sp³-hybridized carbons (Fsp3) is 0.455. The molecule has 0 amide bonds. The molecule has 2 fully saturated rings. The van der Waals surface area contributed by atoms with Crippen molar-refractivity contribution in [3.05, 3.63) is 54.7 Å². The van der Waals surface area contributed by atoms with E-state index in [1.54, 1.807) is 12.6 Å². The number of hydrogen-bond acceptors (Lipinski definition) is 6. The predicted molar refractivity (Wildman–Crippen MR) is 110 cm³/mol. The highest BCUT2D eigenvalue weighted by atomic mass is 16.3. The summed E-state index contributed by atoms with van der Waals surface area (Å²) in [5.74, 6) is 2.16. The number of para-hydroxylation sites is 1. The second-order valence-corrected chi connectivity index (χ2v) is 7.82. The van der Waals surface area contributed by atoms with Crippen LogP contribution < -0.4 is 4.90 Å². The van der Waals surface area contributed by atoms with Crippen molar-refractivity contribution in [2.75, 3.05) is 44.2 Å². The number of piperazine rings is 1. The summed E-state index contributed by atoms with van der Waals surface area (Å²) in [4.78, 5) is 16.6. The predicted octanol–water partition coefficient (Wildman–Crippen LogP) is 3.01. The highest BCUT2D eigenvalue weighted by molar-refractivity contribution is 5.89. The zero-order valence-corrected chi connectivity index (χ0v) is 16.2. The first-order chi connectivity index (χ1) is 13.9. The first-order valence-corrected chi connectivity index (χ1v) is 10.3. The maximum atomic E-state index is 5.50. The van der Waals surface area contributed by atoms with Gasteiger partial charge in [0.1, 0.15) is 17.9 Å². The molecule has 3 aromatic rings. The molecule has 6 nitrogen and oxygen atoms in total. The lowest BCUT2D eigenvalue weighted by Gasteiger charge is -2.43. The Hall–Kier alpha value is -2.44. The summed E-state index contributed by atoms with van der Waals surface area (Å²) in [6.07, 6.45) is 5.95. The maximum Gasteiger partial charge on any atom is 0.139 e. The van der Waals surface area contributed by atoms with Crippen LogP contribution in [0.1, 0.15) is 18.6 Å². The van der Waals surface area contributed by atoms with Gasteiger partial charge < -0.3 is 9.32 Å². The molecule has 0 N–H and O–H groups in total.